The molecule has 37 heavy (non-hydrogen) atoms. The molecule has 0 radical (unpaired) electrons. The van der Waals surface area contributed by atoms with Crippen LogP contribution in [-0.2, 0) is 20.8 Å². The van der Waals surface area contributed by atoms with E-state index in [2.05, 4.69) is 25.0 Å². The zero-order valence-electron chi connectivity index (χ0n) is 23.0. The van der Waals surface area contributed by atoms with Gasteiger partial charge in [0.2, 0.25) is 5.96 Å². The van der Waals surface area contributed by atoms with Crippen LogP contribution in [0.15, 0.2) is 18.2 Å². The fraction of sp³-hybridized carbons (Fsp3) is 0.583. The Morgan fingerprint density at radius 3 is 2.11 bits per heavy atom. The molecule has 0 aliphatic carbocycles. The van der Waals surface area contributed by atoms with E-state index in [0.717, 1.165) is 11.0 Å². The highest BCUT2D eigenvalue weighted by molar-refractivity contribution is 6.76. The molecule has 0 unspecified atom stereocenters. The van der Waals surface area contributed by atoms with Crippen LogP contribution < -0.4 is 5.32 Å². The second-order valence-corrected chi connectivity index (χ2v) is 17.2. The molecule has 12 nitrogen and oxygen atoms in total. The van der Waals surface area contributed by atoms with E-state index in [4.69, 9.17) is 19.6 Å². The van der Waals surface area contributed by atoms with Gasteiger partial charge in [-0.2, -0.15) is 0 Å². The zero-order chi connectivity index (χ0) is 28.8. The van der Waals surface area contributed by atoms with Crippen molar-refractivity contribution in [3.05, 3.63) is 39.4 Å². The average Bonchev–Trinajstić information content (AvgIpc) is 2.67. The number of nitro groups is 1. The molecule has 0 saturated carbocycles. The SMILES string of the molecule is CC(C)(C)OC(=O)NC(=N)N(Cc1ccc(C(=O)OCC[Si](C)(C)C)c([N+](=O)[O-])c1)C(=O)OC(C)(C)C. The summed E-state index contributed by atoms with van der Waals surface area (Å²) in [6, 6.07) is 4.47. The number of nitrogens with one attached hydrogen (secondary N) is 2. The maximum atomic E-state index is 12.8. The summed E-state index contributed by atoms with van der Waals surface area (Å²) in [5.41, 5.74) is -2.29. The Morgan fingerprint density at radius 1 is 1.05 bits per heavy atom. The van der Waals surface area contributed by atoms with E-state index in [1.165, 1.54) is 12.1 Å². The van der Waals surface area contributed by atoms with Gasteiger partial charge in [-0.3, -0.25) is 20.8 Å². The molecule has 1 aromatic carbocycles. The number of nitro benzene ring substituents is 1. The first kappa shape index (κ1) is 31.5. The standard InChI is InChI=1S/C24H38N4O8Si/c1-23(2,3)35-21(30)26-20(25)27(22(31)36-24(4,5)6)15-16-10-11-17(18(14-16)28(32)33)19(29)34-12-13-37(7,8)9/h10-11,14H,12-13,15H2,1-9H3,(H2,25,26,30). The Balaban J connectivity index is 3.22. The predicted molar refractivity (Wildman–Crippen MR) is 140 cm³/mol. The Bertz CT molecular complexity index is 1040. The molecular weight excluding hydrogens is 500 g/mol. The number of carbonyl (C=O) groups excluding carboxylic acids is 3. The largest absolute Gasteiger partial charge is 0.462 e. The van der Waals surface area contributed by atoms with Gasteiger partial charge in [0, 0.05) is 14.1 Å². The molecule has 0 aromatic heterocycles. The van der Waals surface area contributed by atoms with Gasteiger partial charge in [-0.1, -0.05) is 25.7 Å². The minimum atomic E-state index is -1.47. The normalized spacial score (nSPS) is 11.8. The van der Waals surface area contributed by atoms with Crippen LogP contribution in [0.2, 0.25) is 25.7 Å². The minimum absolute atomic E-state index is 0.160. The van der Waals surface area contributed by atoms with E-state index in [1.807, 2.05) is 0 Å². The van der Waals surface area contributed by atoms with E-state index in [9.17, 15) is 24.5 Å². The van der Waals surface area contributed by atoms with E-state index in [-0.39, 0.29) is 24.3 Å². The first-order chi connectivity index (χ1) is 16.7. The first-order valence-corrected chi connectivity index (χ1v) is 15.4. The van der Waals surface area contributed by atoms with Crippen molar-refractivity contribution in [2.24, 2.45) is 0 Å². The lowest BCUT2D eigenvalue weighted by atomic mass is 10.1. The number of rotatable bonds is 7. The lowest BCUT2D eigenvalue weighted by Gasteiger charge is -2.28. The first-order valence-electron chi connectivity index (χ1n) is 11.7. The summed E-state index contributed by atoms with van der Waals surface area (Å²) < 4.78 is 15.7. The molecule has 2 amide bonds. The molecular formula is C24H38N4O8Si. The number of nitrogens with zero attached hydrogens (tertiary/aromatic N) is 2. The number of carbonyl (C=O) groups is 3. The summed E-state index contributed by atoms with van der Waals surface area (Å²) in [6.07, 6.45) is -1.93. The Kier molecular flexibility index (Phi) is 10.4. The van der Waals surface area contributed by atoms with Gasteiger partial charge in [0.15, 0.2) is 0 Å². The van der Waals surface area contributed by atoms with Crippen molar-refractivity contribution in [1.82, 2.24) is 10.2 Å². The summed E-state index contributed by atoms with van der Waals surface area (Å²) in [4.78, 5) is 49.3. The quantitative estimate of drug-likeness (QED) is 0.0900. The summed E-state index contributed by atoms with van der Waals surface area (Å²) in [5, 5.41) is 22.1. The lowest BCUT2D eigenvalue weighted by Crippen LogP contribution is -2.49. The number of alkyl carbamates (subject to hydrolysis) is 1. The van der Waals surface area contributed by atoms with Gasteiger partial charge in [0.1, 0.15) is 16.8 Å². The van der Waals surface area contributed by atoms with Gasteiger partial charge in [0.25, 0.3) is 5.69 Å². The summed E-state index contributed by atoms with van der Waals surface area (Å²) in [7, 11) is -1.47. The number of esters is 1. The van der Waals surface area contributed by atoms with Gasteiger partial charge >= 0.3 is 18.2 Å². The molecule has 0 aliphatic heterocycles. The third kappa shape index (κ3) is 11.9. The van der Waals surface area contributed by atoms with Gasteiger partial charge in [-0.15, -0.1) is 0 Å². The van der Waals surface area contributed by atoms with Crippen molar-refractivity contribution in [2.75, 3.05) is 6.61 Å². The molecule has 0 spiro atoms. The van der Waals surface area contributed by atoms with E-state index in [1.54, 1.807) is 41.5 Å². The van der Waals surface area contributed by atoms with Crippen molar-refractivity contribution < 1.29 is 33.5 Å². The molecule has 1 aromatic rings. The van der Waals surface area contributed by atoms with Crippen LogP contribution in [0.1, 0.15) is 57.5 Å². The summed E-state index contributed by atoms with van der Waals surface area (Å²) in [6.45, 7) is 15.9. The van der Waals surface area contributed by atoms with Crippen LogP contribution in [0.5, 0.6) is 0 Å². The molecule has 0 bridgehead atoms. The summed E-state index contributed by atoms with van der Waals surface area (Å²) >= 11 is 0. The van der Waals surface area contributed by atoms with E-state index < -0.39 is 54.0 Å². The van der Waals surface area contributed by atoms with Crippen molar-refractivity contribution in [3.63, 3.8) is 0 Å². The van der Waals surface area contributed by atoms with Gasteiger partial charge in [-0.05, 0) is 59.2 Å². The fourth-order valence-corrected chi connectivity index (χ4v) is 3.44. The Hall–Kier alpha value is -3.48. The Morgan fingerprint density at radius 2 is 1.62 bits per heavy atom. The number of ether oxygens (including phenoxy) is 3. The monoisotopic (exact) mass is 538 g/mol. The molecule has 0 atom stereocenters. The van der Waals surface area contributed by atoms with Crippen LogP contribution in [0.25, 0.3) is 0 Å². The fourth-order valence-electron chi connectivity index (χ4n) is 2.73. The number of amides is 2. The molecule has 0 saturated heterocycles. The molecule has 13 heteroatoms. The Labute approximate surface area is 218 Å². The van der Waals surface area contributed by atoms with Crippen LogP contribution >= 0.6 is 0 Å². The molecule has 0 aliphatic rings. The molecule has 1 rings (SSSR count). The van der Waals surface area contributed by atoms with Crippen LogP contribution in [0.3, 0.4) is 0 Å². The van der Waals surface area contributed by atoms with E-state index in [0.29, 0.717) is 6.04 Å². The average molecular weight is 539 g/mol. The summed E-state index contributed by atoms with van der Waals surface area (Å²) in [5.74, 6) is -1.47. The second-order valence-electron chi connectivity index (χ2n) is 11.6. The van der Waals surface area contributed by atoms with Gasteiger partial charge < -0.3 is 14.2 Å². The van der Waals surface area contributed by atoms with Crippen molar-refractivity contribution >= 4 is 37.9 Å². The molecule has 206 valence electrons. The zero-order valence-corrected chi connectivity index (χ0v) is 24.0. The highest BCUT2D eigenvalue weighted by Crippen LogP contribution is 2.23. The van der Waals surface area contributed by atoms with Gasteiger partial charge in [-0.25, -0.2) is 19.3 Å². The highest BCUT2D eigenvalue weighted by Gasteiger charge is 2.29. The maximum Gasteiger partial charge on any atom is 0.417 e. The highest BCUT2D eigenvalue weighted by atomic mass is 28.3. The minimum Gasteiger partial charge on any atom is -0.462 e. The van der Waals surface area contributed by atoms with Crippen LogP contribution in [-0.4, -0.2) is 59.8 Å². The third-order valence-electron chi connectivity index (χ3n) is 4.41. The third-order valence-corrected chi connectivity index (χ3v) is 6.11. The van der Waals surface area contributed by atoms with Crippen molar-refractivity contribution in [1.29, 1.82) is 5.41 Å². The molecule has 2 N–H and O–H groups in total. The smallest absolute Gasteiger partial charge is 0.417 e. The van der Waals surface area contributed by atoms with Crippen molar-refractivity contribution in [3.8, 4) is 0 Å². The van der Waals surface area contributed by atoms with Gasteiger partial charge in [0.05, 0.1) is 18.1 Å². The topological polar surface area (TPSA) is 161 Å². The number of hydrogen-bond donors (Lipinski definition) is 2. The van der Waals surface area contributed by atoms with E-state index >= 15 is 0 Å². The van der Waals surface area contributed by atoms with Crippen LogP contribution in [0.4, 0.5) is 15.3 Å². The molecule has 0 heterocycles. The predicted octanol–water partition coefficient (Wildman–Crippen LogP) is 5.29. The molecule has 0 fully saturated rings. The number of benzene rings is 1. The second kappa shape index (κ2) is 12.2. The number of guanidine groups is 1. The number of hydrogen-bond acceptors (Lipinski definition) is 9. The van der Waals surface area contributed by atoms with Crippen LogP contribution in [0, 0.1) is 15.5 Å². The lowest BCUT2D eigenvalue weighted by molar-refractivity contribution is -0.385. The van der Waals surface area contributed by atoms with Crippen molar-refractivity contribution in [2.45, 2.75) is 85.0 Å². The maximum absolute atomic E-state index is 12.8.